The highest BCUT2D eigenvalue weighted by Crippen LogP contribution is 2.13. The molecule has 0 bridgehead atoms. The number of nitrogens with zero attached hydrogens (tertiary/aromatic N) is 1. The van der Waals surface area contributed by atoms with Crippen molar-refractivity contribution in [3.63, 3.8) is 0 Å². The van der Waals surface area contributed by atoms with Crippen LogP contribution in [0.25, 0.3) is 0 Å². The summed E-state index contributed by atoms with van der Waals surface area (Å²) in [6.07, 6.45) is 1.31. The molecule has 1 aromatic heterocycles. The summed E-state index contributed by atoms with van der Waals surface area (Å²) in [5.74, 6) is -1.39. The fourth-order valence-electron chi connectivity index (χ4n) is 1.40. The minimum atomic E-state index is -1.11. The number of hydrogen-bond acceptors (Lipinski definition) is 3. The molecule has 0 aliphatic rings. The van der Waals surface area contributed by atoms with Gasteiger partial charge in [0.15, 0.2) is 0 Å². The van der Waals surface area contributed by atoms with E-state index >= 15 is 0 Å². The van der Waals surface area contributed by atoms with Crippen LogP contribution in [0.5, 0.6) is 0 Å². The third-order valence-corrected chi connectivity index (χ3v) is 2.88. The molecule has 2 aromatic rings. The molecular formula is C13H9BrN2O3. The molecule has 1 amide bonds. The zero-order valence-corrected chi connectivity index (χ0v) is 11.2. The van der Waals surface area contributed by atoms with Gasteiger partial charge in [-0.3, -0.25) is 4.79 Å². The summed E-state index contributed by atoms with van der Waals surface area (Å²) in [6, 6.07) is 9.71. The second-order valence-electron chi connectivity index (χ2n) is 3.70. The topological polar surface area (TPSA) is 79.3 Å². The maximum absolute atomic E-state index is 11.9. The molecule has 0 spiro atoms. The number of carbonyl (C=O) groups excluding carboxylic acids is 1. The van der Waals surface area contributed by atoms with Gasteiger partial charge in [0.25, 0.3) is 5.91 Å². The number of carbonyl (C=O) groups is 2. The maximum Gasteiger partial charge on any atom is 0.354 e. The van der Waals surface area contributed by atoms with Crippen LogP contribution >= 0.6 is 15.9 Å². The fraction of sp³-hybridized carbons (Fsp3) is 0. The van der Waals surface area contributed by atoms with Crippen molar-refractivity contribution in [1.29, 1.82) is 0 Å². The Kier molecular flexibility index (Phi) is 3.91. The van der Waals surface area contributed by atoms with Gasteiger partial charge >= 0.3 is 5.97 Å². The zero-order chi connectivity index (χ0) is 13.8. The van der Waals surface area contributed by atoms with E-state index in [2.05, 4.69) is 26.2 Å². The van der Waals surface area contributed by atoms with E-state index in [1.807, 2.05) is 0 Å². The third-order valence-electron chi connectivity index (χ3n) is 2.35. The molecule has 2 N–H and O–H groups in total. The van der Waals surface area contributed by atoms with E-state index in [0.29, 0.717) is 11.3 Å². The largest absolute Gasteiger partial charge is 0.477 e. The van der Waals surface area contributed by atoms with Crippen molar-refractivity contribution in [2.45, 2.75) is 0 Å². The van der Waals surface area contributed by atoms with Gasteiger partial charge in [-0.1, -0.05) is 15.9 Å². The van der Waals surface area contributed by atoms with Gasteiger partial charge in [0.05, 0.1) is 11.9 Å². The number of carboxylic acids is 1. The lowest BCUT2D eigenvalue weighted by molar-refractivity contribution is 0.0690. The summed E-state index contributed by atoms with van der Waals surface area (Å²) >= 11 is 3.29. The lowest BCUT2D eigenvalue weighted by Crippen LogP contribution is -2.12. The first-order valence-electron chi connectivity index (χ1n) is 5.32. The summed E-state index contributed by atoms with van der Waals surface area (Å²) in [5.41, 5.74) is 0.880. The SMILES string of the molecule is O=C(Nc1ccc(C(=O)O)nc1)c1ccc(Br)cc1. The van der Waals surface area contributed by atoms with Gasteiger partial charge in [-0.25, -0.2) is 9.78 Å². The molecule has 0 atom stereocenters. The van der Waals surface area contributed by atoms with Crippen LogP contribution in [-0.4, -0.2) is 22.0 Å². The van der Waals surface area contributed by atoms with Gasteiger partial charge in [-0.15, -0.1) is 0 Å². The zero-order valence-electron chi connectivity index (χ0n) is 9.63. The van der Waals surface area contributed by atoms with E-state index in [4.69, 9.17) is 5.11 Å². The molecule has 0 unspecified atom stereocenters. The van der Waals surface area contributed by atoms with Crippen molar-refractivity contribution in [3.05, 3.63) is 58.3 Å². The van der Waals surface area contributed by atoms with Crippen molar-refractivity contribution in [3.8, 4) is 0 Å². The van der Waals surface area contributed by atoms with E-state index in [0.717, 1.165) is 4.47 Å². The first kappa shape index (κ1) is 13.2. The van der Waals surface area contributed by atoms with Crippen LogP contribution in [0.3, 0.4) is 0 Å². The molecule has 6 heteroatoms. The van der Waals surface area contributed by atoms with Gasteiger partial charge in [-0.05, 0) is 36.4 Å². The predicted octanol–water partition coefficient (Wildman–Crippen LogP) is 2.79. The molecule has 0 fully saturated rings. The van der Waals surface area contributed by atoms with Crippen LogP contribution < -0.4 is 5.32 Å². The Hall–Kier alpha value is -2.21. The number of pyridine rings is 1. The van der Waals surface area contributed by atoms with Gasteiger partial charge in [-0.2, -0.15) is 0 Å². The number of halogens is 1. The van der Waals surface area contributed by atoms with Crippen LogP contribution in [-0.2, 0) is 0 Å². The van der Waals surface area contributed by atoms with Crippen molar-refractivity contribution in [2.24, 2.45) is 0 Å². The number of aromatic nitrogens is 1. The number of rotatable bonds is 3. The Morgan fingerprint density at radius 3 is 2.32 bits per heavy atom. The Morgan fingerprint density at radius 1 is 1.11 bits per heavy atom. The normalized spacial score (nSPS) is 9.95. The Labute approximate surface area is 117 Å². The Balaban J connectivity index is 2.10. The van der Waals surface area contributed by atoms with Crippen LogP contribution in [0.4, 0.5) is 5.69 Å². The lowest BCUT2D eigenvalue weighted by atomic mass is 10.2. The van der Waals surface area contributed by atoms with Crippen LogP contribution in [0.2, 0.25) is 0 Å². The van der Waals surface area contributed by atoms with E-state index in [1.165, 1.54) is 18.3 Å². The number of carboxylic acid groups (broad SMARTS) is 1. The molecule has 5 nitrogen and oxygen atoms in total. The fourth-order valence-corrected chi connectivity index (χ4v) is 1.66. The van der Waals surface area contributed by atoms with Gasteiger partial charge < -0.3 is 10.4 Å². The van der Waals surface area contributed by atoms with E-state index < -0.39 is 5.97 Å². The first-order valence-corrected chi connectivity index (χ1v) is 6.12. The summed E-state index contributed by atoms with van der Waals surface area (Å²) in [7, 11) is 0. The molecule has 96 valence electrons. The number of nitrogens with one attached hydrogen (secondary N) is 1. The first-order chi connectivity index (χ1) is 9.06. The van der Waals surface area contributed by atoms with Crippen molar-refractivity contribution in [2.75, 3.05) is 5.32 Å². The van der Waals surface area contributed by atoms with E-state index in [-0.39, 0.29) is 11.6 Å². The number of aromatic carboxylic acids is 1. The number of anilines is 1. The van der Waals surface area contributed by atoms with Gasteiger partial charge in [0.1, 0.15) is 5.69 Å². The maximum atomic E-state index is 11.9. The molecule has 1 heterocycles. The predicted molar refractivity (Wildman–Crippen MR) is 73.3 cm³/mol. The number of benzene rings is 1. The van der Waals surface area contributed by atoms with Crippen LogP contribution in [0.15, 0.2) is 47.1 Å². The standard InChI is InChI=1S/C13H9BrN2O3/c14-9-3-1-8(2-4-9)12(17)16-10-5-6-11(13(18)19)15-7-10/h1-7H,(H,16,17)(H,18,19). The number of amides is 1. The number of hydrogen-bond donors (Lipinski definition) is 2. The summed E-state index contributed by atoms with van der Waals surface area (Å²) in [6.45, 7) is 0. The summed E-state index contributed by atoms with van der Waals surface area (Å²) in [4.78, 5) is 26.2. The van der Waals surface area contributed by atoms with E-state index in [9.17, 15) is 9.59 Å². The molecular weight excluding hydrogens is 312 g/mol. The summed E-state index contributed by atoms with van der Waals surface area (Å²) in [5, 5.41) is 11.3. The lowest BCUT2D eigenvalue weighted by Gasteiger charge is -2.05. The monoisotopic (exact) mass is 320 g/mol. The second kappa shape index (κ2) is 5.62. The molecule has 1 aromatic carbocycles. The molecule has 2 rings (SSSR count). The molecule has 0 saturated carbocycles. The second-order valence-corrected chi connectivity index (χ2v) is 4.61. The minimum absolute atomic E-state index is 0.0679. The Bertz CT molecular complexity index is 609. The highest BCUT2D eigenvalue weighted by atomic mass is 79.9. The minimum Gasteiger partial charge on any atom is -0.477 e. The van der Waals surface area contributed by atoms with Crippen LogP contribution in [0.1, 0.15) is 20.8 Å². The van der Waals surface area contributed by atoms with Crippen molar-refractivity contribution >= 4 is 33.5 Å². The summed E-state index contributed by atoms with van der Waals surface area (Å²) < 4.78 is 0.886. The highest BCUT2D eigenvalue weighted by molar-refractivity contribution is 9.10. The molecule has 19 heavy (non-hydrogen) atoms. The molecule has 0 aliphatic carbocycles. The molecule has 0 radical (unpaired) electrons. The van der Waals surface area contributed by atoms with Crippen molar-refractivity contribution in [1.82, 2.24) is 4.98 Å². The third kappa shape index (κ3) is 3.38. The van der Waals surface area contributed by atoms with Gasteiger partial charge in [0.2, 0.25) is 0 Å². The molecule has 0 aliphatic heterocycles. The Morgan fingerprint density at radius 2 is 1.79 bits per heavy atom. The average molecular weight is 321 g/mol. The molecule has 0 saturated heterocycles. The quantitative estimate of drug-likeness (QED) is 0.911. The van der Waals surface area contributed by atoms with Crippen molar-refractivity contribution < 1.29 is 14.7 Å². The van der Waals surface area contributed by atoms with E-state index in [1.54, 1.807) is 24.3 Å². The van der Waals surface area contributed by atoms with Crippen LogP contribution in [0, 0.1) is 0 Å². The highest BCUT2D eigenvalue weighted by Gasteiger charge is 2.07. The van der Waals surface area contributed by atoms with Gasteiger partial charge in [0, 0.05) is 10.0 Å². The average Bonchev–Trinajstić information content (AvgIpc) is 2.40. The smallest absolute Gasteiger partial charge is 0.354 e.